The smallest absolute Gasteiger partial charge is 0.272 e. The lowest BCUT2D eigenvalue weighted by Crippen LogP contribution is -2.39. The minimum Gasteiger partial charge on any atom is -0.333 e. The molecule has 2 aromatic heterocycles. The van der Waals surface area contributed by atoms with E-state index < -0.39 is 12.3 Å². The lowest BCUT2D eigenvalue weighted by molar-refractivity contribution is -0.127. The van der Waals surface area contributed by atoms with Crippen molar-refractivity contribution >= 4 is 40.1 Å². The van der Waals surface area contributed by atoms with Crippen molar-refractivity contribution in [3.63, 3.8) is 0 Å². The summed E-state index contributed by atoms with van der Waals surface area (Å²) >= 11 is 0.745. The van der Waals surface area contributed by atoms with E-state index in [1.807, 2.05) is 36.6 Å². The summed E-state index contributed by atoms with van der Waals surface area (Å²) in [6.07, 6.45) is 0.545. The van der Waals surface area contributed by atoms with Crippen molar-refractivity contribution in [2.75, 3.05) is 11.9 Å². The van der Waals surface area contributed by atoms with Crippen LogP contribution < -0.4 is 10.6 Å². The van der Waals surface area contributed by atoms with E-state index in [4.69, 9.17) is 4.98 Å². The summed E-state index contributed by atoms with van der Waals surface area (Å²) in [6.45, 7) is 14.0. The molecule has 1 saturated heterocycles. The van der Waals surface area contributed by atoms with E-state index in [-0.39, 0.29) is 50.6 Å². The van der Waals surface area contributed by atoms with Gasteiger partial charge in [0.15, 0.2) is 0 Å². The van der Waals surface area contributed by atoms with E-state index in [9.17, 15) is 23.6 Å². The maximum atomic E-state index is 13.4. The molecule has 0 saturated carbocycles. The van der Waals surface area contributed by atoms with Crippen LogP contribution in [0.5, 0.6) is 0 Å². The number of nitriles is 1. The largest absolute Gasteiger partial charge is 0.333 e. The normalized spacial score (nSPS) is 16.7. The number of imidazole rings is 1. The van der Waals surface area contributed by atoms with Gasteiger partial charge in [0, 0.05) is 25.7 Å². The van der Waals surface area contributed by atoms with Gasteiger partial charge in [-0.15, -0.1) is 11.3 Å². The molecule has 11 heteroatoms. The maximum absolute atomic E-state index is 13.4. The highest BCUT2D eigenvalue weighted by Crippen LogP contribution is 2.30. The molecule has 2 N–H and O–H groups in total. The molecule has 0 spiro atoms. The highest BCUT2D eigenvalue weighted by Gasteiger charge is 2.32. The first kappa shape index (κ1) is 32.3. The van der Waals surface area contributed by atoms with Crippen LogP contribution in [0.25, 0.3) is 11.0 Å². The number of halogens is 2. The van der Waals surface area contributed by atoms with E-state index in [0.717, 1.165) is 35.3 Å². The Labute approximate surface area is 255 Å². The molecule has 1 aliphatic rings. The third kappa shape index (κ3) is 7.67. The van der Waals surface area contributed by atoms with Crippen LogP contribution in [0.2, 0.25) is 0 Å². The number of carbonyl (C=O) groups excluding carboxylic acids is 2. The Morgan fingerprint density at radius 2 is 1.95 bits per heavy atom. The Kier molecular flexibility index (Phi) is 10.0. The molecule has 0 radical (unpaired) electrons. The fraction of sp³-hybridized carbons (Fsp3) is 0.500. The highest BCUT2D eigenvalue weighted by atomic mass is 32.1. The summed E-state index contributed by atoms with van der Waals surface area (Å²) in [4.78, 5) is 32.9. The van der Waals surface area contributed by atoms with E-state index in [0.29, 0.717) is 25.2 Å². The Morgan fingerprint density at radius 3 is 2.58 bits per heavy atom. The summed E-state index contributed by atoms with van der Waals surface area (Å²) in [7, 11) is 0. The van der Waals surface area contributed by atoms with Crippen molar-refractivity contribution in [2.45, 2.75) is 86.0 Å². The third-order valence-electron chi connectivity index (χ3n) is 7.90. The first-order valence-electron chi connectivity index (χ1n) is 14.6. The summed E-state index contributed by atoms with van der Waals surface area (Å²) < 4.78 is 28.2. The number of likely N-dealkylation sites (tertiary alicyclic amines) is 1. The van der Waals surface area contributed by atoms with Crippen molar-refractivity contribution in [1.29, 1.82) is 5.26 Å². The Hall–Kier alpha value is -3.62. The number of nitrogens with one attached hydrogen (secondary N) is 2. The molecule has 0 bridgehead atoms. The molecule has 3 aromatic rings. The standard InChI is InChI=1S/C32H40F2N6O2S/c1-19(2)14-22(16-35)30(42)39-13-7-8-23(39)18-40-25-15-21(17-36-20(3)32(4,5)6)9-10-24(25)37-31(40)38-29(41)27-12-11-26(43-27)28(33)34/h9-12,14-15,19-20,23,28,36H,7-8,13,17-18H2,1-6H3,(H,37,38,41)/t20-,23+/m0/s1. The van der Waals surface area contributed by atoms with E-state index >= 15 is 0 Å². The van der Waals surface area contributed by atoms with Crippen molar-refractivity contribution in [1.82, 2.24) is 19.8 Å². The number of allylic oxidation sites excluding steroid dienone is 1. The SMILES string of the molecule is CC(C)C=C(C#N)C(=O)N1CCC[C@@H]1Cn1c(NC(=O)c2ccc(C(F)F)s2)nc2ccc(CN[C@@H](C)C(C)(C)C)cc21. The van der Waals surface area contributed by atoms with Gasteiger partial charge in [-0.3, -0.25) is 14.9 Å². The second kappa shape index (κ2) is 13.3. The minimum atomic E-state index is -2.65. The number of hydrogen-bond acceptors (Lipinski definition) is 6. The van der Waals surface area contributed by atoms with Gasteiger partial charge in [0.2, 0.25) is 5.95 Å². The zero-order chi connectivity index (χ0) is 31.5. The second-order valence-corrected chi connectivity index (χ2v) is 13.6. The number of nitrogens with zero attached hydrogens (tertiary/aromatic N) is 4. The molecule has 230 valence electrons. The van der Waals surface area contributed by atoms with Crippen molar-refractivity contribution in [3.8, 4) is 6.07 Å². The quantitative estimate of drug-likeness (QED) is 0.192. The van der Waals surface area contributed by atoms with Gasteiger partial charge in [0.05, 0.1) is 26.8 Å². The monoisotopic (exact) mass is 610 g/mol. The maximum Gasteiger partial charge on any atom is 0.272 e. The van der Waals surface area contributed by atoms with Gasteiger partial charge in [-0.1, -0.05) is 46.8 Å². The molecule has 8 nitrogen and oxygen atoms in total. The topological polar surface area (TPSA) is 103 Å². The van der Waals surface area contributed by atoms with Crippen LogP contribution in [-0.4, -0.2) is 44.9 Å². The summed E-state index contributed by atoms with van der Waals surface area (Å²) in [5.41, 5.74) is 2.69. The van der Waals surface area contributed by atoms with Crippen LogP contribution in [0.3, 0.4) is 0 Å². The number of anilines is 1. The van der Waals surface area contributed by atoms with Gasteiger partial charge in [0.25, 0.3) is 18.2 Å². The summed E-state index contributed by atoms with van der Waals surface area (Å²) in [5, 5.41) is 16.1. The Balaban J connectivity index is 1.69. The molecule has 2 amide bonds. The van der Waals surface area contributed by atoms with Gasteiger partial charge in [0.1, 0.15) is 11.6 Å². The number of fused-ring (bicyclic) bond motifs is 1. The molecule has 1 aromatic carbocycles. The highest BCUT2D eigenvalue weighted by molar-refractivity contribution is 7.14. The van der Waals surface area contributed by atoms with Crippen LogP contribution in [-0.2, 0) is 17.9 Å². The number of aromatic nitrogens is 2. The van der Waals surface area contributed by atoms with Gasteiger partial charge in [-0.2, -0.15) is 5.26 Å². The van der Waals surface area contributed by atoms with Crippen molar-refractivity contribution in [3.05, 3.63) is 57.3 Å². The van der Waals surface area contributed by atoms with Crippen LogP contribution in [0, 0.1) is 22.7 Å². The first-order chi connectivity index (χ1) is 20.3. The Bertz CT molecular complexity index is 1550. The summed E-state index contributed by atoms with van der Waals surface area (Å²) in [6, 6.07) is 10.7. The average Bonchev–Trinajstić information content (AvgIpc) is 3.69. The molecule has 0 unspecified atom stereocenters. The number of benzene rings is 1. The molecule has 1 aliphatic heterocycles. The number of thiophene rings is 1. The van der Waals surface area contributed by atoms with E-state index in [1.165, 1.54) is 12.1 Å². The number of amides is 2. The first-order valence-corrected chi connectivity index (χ1v) is 15.4. The molecular weight excluding hydrogens is 570 g/mol. The zero-order valence-electron chi connectivity index (χ0n) is 25.6. The number of carbonyl (C=O) groups is 2. The minimum absolute atomic E-state index is 0.0509. The predicted octanol–water partition coefficient (Wildman–Crippen LogP) is 6.91. The van der Waals surface area contributed by atoms with E-state index in [2.05, 4.69) is 44.4 Å². The average molecular weight is 611 g/mol. The van der Waals surface area contributed by atoms with Crippen molar-refractivity contribution < 1.29 is 18.4 Å². The van der Waals surface area contributed by atoms with Gasteiger partial charge in [-0.05, 0) is 60.9 Å². The molecule has 2 atom stereocenters. The lowest BCUT2D eigenvalue weighted by Gasteiger charge is -2.28. The number of hydrogen-bond donors (Lipinski definition) is 2. The van der Waals surface area contributed by atoms with Crippen LogP contribution in [0.4, 0.5) is 14.7 Å². The fourth-order valence-corrected chi connectivity index (χ4v) is 5.80. The molecule has 43 heavy (non-hydrogen) atoms. The van der Waals surface area contributed by atoms with Gasteiger partial charge in [-0.25, -0.2) is 13.8 Å². The molecule has 0 aliphatic carbocycles. The van der Waals surface area contributed by atoms with Crippen molar-refractivity contribution in [2.24, 2.45) is 11.3 Å². The summed E-state index contributed by atoms with van der Waals surface area (Å²) in [5.74, 6) is -0.499. The third-order valence-corrected chi connectivity index (χ3v) is 8.99. The van der Waals surface area contributed by atoms with Gasteiger partial charge >= 0.3 is 0 Å². The van der Waals surface area contributed by atoms with Crippen LogP contribution in [0.1, 0.15) is 80.9 Å². The predicted molar refractivity (Wildman–Crippen MR) is 166 cm³/mol. The zero-order valence-corrected chi connectivity index (χ0v) is 26.4. The van der Waals surface area contributed by atoms with Crippen LogP contribution in [0.15, 0.2) is 42.0 Å². The fourth-order valence-electron chi connectivity index (χ4n) is 5.04. The van der Waals surface area contributed by atoms with Gasteiger partial charge < -0.3 is 14.8 Å². The molecule has 4 rings (SSSR count). The molecule has 3 heterocycles. The lowest BCUT2D eigenvalue weighted by atomic mass is 9.88. The number of rotatable bonds is 10. The molecule has 1 fully saturated rings. The Morgan fingerprint density at radius 1 is 1.21 bits per heavy atom. The second-order valence-electron chi connectivity index (χ2n) is 12.5. The molecular formula is C32H40F2N6O2S. The number of alkyl halides is 2. The van der Waals surface area contributed by atoms with E-state index in [1.54, 1.807) is 11.0 Å². The van der Waals surface area contributed by atoms with Crippen LogP contribution >= 0.6 is 11.3 Å².